The SMILES string of the molecule is CC1(C)OB(C(=Cc2ccc(F)c(F)c2)CNC(=O)OCc2ccccc2)OC1(C)C. The van der Waals surface area contributed by atoms with Gasteiger partial charge in [-0.25, -0.2) is 13.6 Å². The Morgan fingerprint density at radius 3 is 2.29 bits per heavy atom. The first-order valence-electron chi connectivity index (χ1n) is 10.0. The fourth-order valence-electron chi connectivity index (χ4n) is 2.96. The molecule has 0 atom stereocenters. The molecule has 5 nitrogen and oxygen atoms in total. The third-order valence-corrected chi connectivity index (χ3v) is 5.50. The van der Waals surface area contributed by atoms with Gasteiger partial charge in [-0.3, -0.25) is 0 Å². The highest BCUT2D eigenvalue weighted by atomic mass is 19.2. The Morgan fingerprint density at radius 1 is 1.03 bits per heavy atom. The number of hydrogen-bond acceptors (Lipinski definition) is 4. The van der Waals surface area contributed by atoms with Crippen LogP contribution in [-0.4, -0.2) is 31.0 Å². The molecule has 1 aliphatic heterocycles. The Morgan fingerprint density at radius 2 is 1.68 bits per heavy atom. The second kappa shape index (κ2) is 9.20. The van der Waals surface area contributed by atoms with Crippen molar-refractivity contribution in [3.05, 3.63) is 76.8 Å². The molecule has 0 aromatic heterocycles. The van der Waals surface area contributed by atoms with Crippen LogP contribution in [0.5, 0.6) is 0 Å². The highest BCUT2D eigenvalue weighted by Crippen LogP contribution is 2.38. The topological polar surface area (TPSA) is 56.8 Å². The van der Waals surface area contributed by atoms with Gasteiger partial charge in [-0.2, -0.15) is 0 Å². The summed E-state index contributed by atoms with van der Waals surface area (Å²) >= 11 is 0. The summed E-state index contributed by atoms with van der Waals surface area (Å²) in [6, 6.07) is 12.9. The van der Waals surface area contributed by atoms with Crippen LogP contribution in [0.25, 0.3) is 6.08 Å². The van der Waals surface area contributed by atoms with E-state index in [1.165, 1.54) is 6.07 Å². The Hall–Kier alpha value is -2.71. The maximum Gasteiger partial charge on any atom is 0.492 e. The van der Waals surface area contributed by atoms with Gasteiger partial charge in [0.2, 0.25) is 0 Å². The summed E-state index contributed by atoms with van der Waals surface area (Å²) in [6.45, 7) is 7.80. The van der Waals surface area contributed by atoms with E-state index in [-0.39, 0.29) is 13.2 Å². The quantitative estimate of drug-likeness (QED) is 0.664. The van der Waals surface area contributed by atoms with E-state index in [0.29, 0.717) is 11.0 Å². The fourth-order valence-corrected chi connectivity index (χ4v) is 2.96. The summed E-state index contributed by atoms with van der Waals surface area (Å²) in [5.74, 6) is -1.89. The van der Waals surface area contributed by atoms with Crippen LogP contribution in [0.15, 0.2) is 54.0 Å². The van der Waals surface area contributed by atoms with Crippen LogP contribution >= 0.6 is 0 Å². The maximum atomic E-state index is 13.7. The van der Waals surface area contributed by atoms with Crippen LogP contribution in [-0.2, 0) is 20.7 Å². The number of carbonyl (C=O) groups is 1. The lowest BCUT2D eigenvalue weighted by Gasteiger charge is -2.32. The minimum Gasteiger partial charge on any atom is -0.445 e. The molecule has 0 spiro atoms. The lowest BCUT2D eigenvalue weighted by molar-refractivity contribution is 0.00578. The average molecular weight is 429 g/mol. The van der Waals surface area contributed by atoms with Gasteiger partial charge in [-0.15, -0.1) is 0 Å². The molecule has 0 unspecified atom stereocenters. The number of hydrogen-bond donors (Lipinski definition) is 1. The van der Waals surface area contributed by atoms with Gasteiger partial charge in [0, 0.05) is 6.54 Å². The summed E-state index contributed by atoms with van der Waals surface area (Å²) in [4.78, 5) is 12.2. The number of rotatable bonds is 6. The van der Waals surface area contributed by atoms with Gasteiger partial charge in [0.15, 0.2) is 11.6 Å². The van der Waals surface area contributed by atoms with Crippen molar-refractivity contribution < 1.29 is 27.6 Å². The minimum atomic E-state index is -0.961. The molecule has 0 bridgehead atoms. The number of nitrogens with one attached hydrogen (secondary N) is 1. The number of carbonyl (C=O) groups excluding carboxylic acids is 1. The molecule has 1 heterocycles. The van der Waals surface area contributed by atoms with Gasteiger partial charge in [0.1, 0.15) is 6.61 Å². The highest BCUT2D eigenvalue weighted by molar-refractivity contribution is 6.56. The molecule has 1 fully saturated rings. The number of halogens is 2. The number of benzene rings is 2. The Balaban J connectivity index is 1.73. The van der Waals surface area contributed by atoms with Crippen molar-refractivity contribution in [1.29, 1.82) is 0 Å². The second-order valence-corrected chi connectivity index (χ2v) is 8.40. The van der Waals surface area contributed by atoms with Crippen molar-refractivity contribution in [3.63, 3.8) is 0 Å². The van der Waals surface area contributed by atoms with Crippen LogP contribution < -0.4 is 5.32 Å². The summed E-state index contributed by atoms with van der Waals surface area (Å²) in [5.41, 5.74) is 0.627. The number of alkyl carbamates (subject to hydrolysis) is 1. The van der Waals surface area contributed by atoms with Crippen molar-refractivity contribution in [3.8, 4) is 0 Å². The predicted octanol–water partition coefficient (Wildman–Crippen LogP) is 4.91. The zero-order valence-electron chi connectivity index (χ0n) is 18.1. The first-order chi connectivity index (χ1) is 14.6. The Kier molecular flexibility index (Phi) is 6.82. The zero-order valence-corrected chi connectivity index (χ0v) is 18.1. The monoisotopic (exact) mass is 429 g/mol. The van der Waals surface area contributed by atoms with Gasteiger partial charge < -0.3 is 19.4 Å². The lowest BCUT2D eigenvalue weighted by Crippen LogP contribution is -2.41. The van der Waals surface area contributed by atoms with E-state index in [2.05, 4.69) is 5.32 Å². The normalized spacial score (nSPS) is 17.5. The number of ether oxygens (including phenoxy) is 1. The lowest BCUT2D eigenvalue weighted by atomic mass is 9.77. The molecule has 1 amide bonds. The Labute approximate surface area is 181 Å². The van der Waals surface area contributed by atoms with Gasteiger partial charge >= 0.3 is 13.2 Å². The van der Waals surface area contributed by atoms with Crippen LogP contribution in [0.1, 0.15) is 38.8 Å². The van der Waals surface area contributed by atoms with Crippen LogP contribution in [0.2, 0.25) is 0 Å². The predicted molar refractivity (Wildman–Crippen MR) is 115 cm³/mol. The molecule has 0 saturated carbocycles. The third kappa shape index (κ3) is 5.71. The maximum absolute atomic E-state index is 13.7. The van der Waals surface area contributed by atoms with E-state index in [0.717, 1.165) is 17.7 Å². The molecule has 0 radical (unpaired) electrons. The average Bonchev–Trinajstić information content (AvgIpc) is 2.94. The smallest absolute Gasteiger partial charge is 0.445 e. The fraction of sp³-hybridized carbons (Fsp3) is 0.348. The van der Waals surface area contributed by atoms with Crippen molar-refractivity contribution in [2.75, 3.05) is 6.54 Å². The van der Waals surface area contributed by atoms with E-state index in [9.17, 15) is 13.6 Å². The molecule has 1 N–H and O–H groups in total. The van der Waals surface area contributed by atoms with E-state index in [1.807, 2.05) is 58.0 Å². The van der Waals surface area contributed by atoms with Crippen LogP contribution in [0, 0.1) is 11.6 Å². The standard InChI is InChI=1S/C23H26BF2NO4/c1-22(2)23(3,4)31-24(30-22)18(12-17-10-11-19(25)20(26)13-17)14-27-21(28)29-15-16-8-6-5-7-9-16/h5-13H,14-15H2,1-4H3,(H,27,28). The summed E-state index contributed by atoms with van der Waals surface area (Å²) < 4.78 is 44.3. The highest BCUT2D eigenvalue weighted by Gasteiger charge is 2.52. The van der Waals surface area contributed by atoms with Crippen LogP contribution in [0.3, 0.4) is 0 Å². The van der Waals surface area contributed by atoms with Gasteiger partial charge in [0.25, 0.3) is 0 Å². The zero-order chi connectivity index (χ0) is 22.6. The van der Waals surface area contributed by atoms with Gasteiger partial charge in [-0.1, -0.05) is 42.5 Å². The second-order valence-electron chi connectivity index (χ2n) is 8.40. The van der Waals surface area contributed by atoms with Crippen molar-refractivity contribution in [2.45, 2.75) is 45.5 Å². The minimum absolute atomic E-state index is 0.0451. The number of amides is 1. The summed E-state index contributed by atoms with van der Waals surface area (Å²) in [6.07, 6.45) is 0.999. The largest absolute Gasteiger partial charge is 0.492 e. The van der Waals surface area contributed by atoms with E-state index >= 15 is 0 Å². The van der Waals surface area contributed by atoms with Gasteiger partial charge in [-0.05, 0) is 56.4 Å². The molecule has 1 aliphatic rings. The molecule has 2 aromatic carbocycles. The van der Waals surface area contributed by atoms with E-state index in [1.54, 1.807) is 6.08 Å². The van der Waals surface area contributed by atoms with Gasteiger partial charge in [0.05, 0.1) is 11.2 Å². The molecule has 164 valence electrons. The molecule has 3 rings (SSSR count). The molecule has 8 heteroatoms. The molecular formula is C23H26BF2NO4. The molecule has 1 saturated heterocycles. The molecule has 31 heavy (non-hydrogen) atoms. The van der Waals surface area contributed by atoms with E-state index in [4.69, 9.17) is 14.0 Å². The Bertz CT molecular complexity index is 947. The summed E-state index contributed by atoms with van der Waals surface area (Å²) in [5, 5.41) is 2.67. The van der Waals surface area contributed by atoms with Crippen molar-refractivity contribution in [1.82, 2.24) is 5.32 Å². The molecule has 0 aliphatic carbocycles. The molecule has 2 aromatic rings. The first-order valence-corrected chi connectivity index (χ1v) is 10.0. The first kappa shape index (κ1) is 23.0. The van der Waals surface area contributed by atoms with Crippen molar-refractivity contribution >= 4 is 19.3 Å². The molecular weight excluding hydrogens is 403 g/mol. The van der Waals surface area contributed by atoms with E-state index < -0.39 is 36.0 Å². The van der Waals surface area contributed by atoms with Crippen LogP contribution in [0.4, 0.5) is 13.6 Å². The third-order valence-electron chi connectivity index (χ3n) is 5.50. The van der Waals surface area contributed by atoms with Crippen molar-refractivity contribution in [2.24, 2.45) is 0 Å². The summed E-state index contributed by atoms with van der Waals surface area (Å²) in [7, 11) is -0.771.